The van der Waals surface area contributed by atoms with Crippen LogP contribution in [0.1, 0.15) is 69.0 Å². The Morgan fingerprint density at radius 3 is 1.49 bits per heavy atom. The lowest BCUT2D eigenvalue weighted by Gasteiger charge is -2.14. The number of hydrogen-bond acceptors (Lipinski definition) is 19. The van der Waals surface area contributed by atoms with Gasteiger partial charge < -0.3 is 28.0 Å². The molecule has 0 aliphatic carbocycles. The van der Waals surface area contributed by atoms with E-state index in [1.165, 1.54) is 12.1 Å². The molecule has 27 heteroatoms. The molecule has 11 N–H and O–H groups in total. The average molecular weight is 1010 g/mol. The summed E-state index contributed by atoms with van der Waals surface area (Å²) in [6.07, 6.45) is 0.853. The number of benzene rings is 2. The number of ketones is 2. The number of carboxylic acids is 1. The number of hydroxylamine groups is 1. The molecule has 2 atom stereocenters. The number of nitrogens with one attached hydrogen (secondary N) is 1. The lowest BCUT2D eigenvalue weighted by atomic mass is 9.95. The molecule has 0 spiro atoms. The summed E-state index contributed by atoms with van der Waals surface area (Å²) < 4.78 is 68.6. The van der Waals surface area contributed by atoms with Crippen LogP contribution >= 0.6 is 46.1 Å². The molecule has 1 amide bonds. The summed E-state index contributed by atoms with van der Waals surface area (Å²) in [6.45, 7) is 0.533. The van der Waals surface area contributed by atoms with E-state index in [1.54, 1.807) is 52.6 Å². The molecule has 6 aromatic rings. The van der Waals surface area contributed by atoms with Gasteiger partial charge in [-0.05, 0) is 84.0 Å². The van der Waals surface area contributed by atoms with Crippen molar-refractivity contribution in [3.05, 3.63) is 80.2 Å². The number of aliphatic carboxylic acids is 1. The molecule has 0 saturated heterocycles. The first kappa shape index (κ1) is 50.2. The Kier molecular flexibility index (Phi) is 17.6. The predicted octanol–water partition coefficient (Wildman–Crippen LogP) is 3.53. The third-order valence-electron chi connectivity index (χ3n) is 9.56. The number of amides is 1. The van der Waals surface area contributed by atoms with Crippen molar-refractivity contribution in [2.45, 2.75) is 59.8 Å². The second-order valence-electron chi connectivity index (χ2n) is 14.2. The highest BCUT2D eigenvalue weighted by Crippen LogP contribution is 2.31. The van der Waals surface area contributed by atoms with Crippen molar-refractivity contribution in [1.29, 1.82) is 0 Å². The van der Waals surface area contributed by atoms with E-state index in [9.17, 15) is 41.1 Å². The van der Waals surface area contributed by atoms with Crippen molar-refractivity contribution in [2.24, 2.45) is 44.8 Å². The highest BCUT2D eigenvalue weighted by Gasteiger charge is 2.29. The van der Waals surface area contributed by atoms with Crippen molar-refractivity contribution in [3.8, 4) is 0 Å². The number of carbonyl (C=O) groups is 4. The fraction of sp³-hybridized carbons (Fsp3) is 0.316. The topological polar surface area (TPSA) is 369 Å². The second kappa shape index (κ2) is 22.9. The van der Waals surface area contributed by atoms with Gasteiger partial charge in [-0.3, -0.25) is 34.4 Å². The van der Waals surface area contributed by atoms with E-state index >= 15 is 0 Å². The molecule has 65 heavy (non-hydrogen) atoms. The molecule has 21 nitrogen and oxygen atoms in total. The number of rotatable bonds is 22. The number of nitrogens with zero attached hydrogens (tertiary/aromatic N) is 6. The van der Waals surface area contributed by atoms with Crippen LogP contribution < -0.4 is 28.4 Å². The van der Waals surface area contributed by atoms with Crippen LogP contribution in [0.4, 0.5) is 0 Å². The van der Waals surface area contributed by atoms with Crippen LogP contribution in [0.5, 0.6) is 0 Å². The van der Waals surface area contributed by atoms with Gasteiger partial charge >= 0.3 is 5.97 Å². The smallest absolute Gasteiger partial charge is 0.306 e. The third kappa shape index (κ3) is 13.6. The lowest BCUT2D eigenvalue weighted by molar-refractivity contribution is -0.142. The number of carboxylic acid groups (broad SMARTS) is 1. The number of aromatic nitrogens is 4. The monoisotopic (exact) mass is 1010 g/mol. The Labute approximate surface area is 388 Å². The second-order valence-corrected chi connectivity index (χ2v) is 21.0. The molecule has 0 aliphatic rings. The van der Waals surface area contributed by atoms with E-state index in [1.807, 2.05) is 0 Å². The number of fused-ring (bicyclic) bond motifs is 2. The molecule has 4 heterocycles. The van der Waals surface area contributed by atoms with Crippen LogP contribution in [0.2, 0.25) is 0 Å². The van der Waals surface area contributed by atoms with E-state index in [0.717, 1.165) is 46.1 Å². The van der Waals surface area contributed by atoms with Crippen LogP contribution in [-0.4, -0.2) is 93.1 Å². The van der Waals surface area contributed by atoms with Crippen molar-refractivity contribution >= 4 is 123 Å². The Bertz CT molecular complexity index is 2940. The van der Waals surface area contributed by atoms with Crippen LogP contribution in [0.15, 0.2) is 79.1 Å². The summed E-state index contributed by atoms with van der Waals surface area (Å²) in [6, 6.07) is 12.6. The van der Waals surface area contributed by atoms with Gasteiger partial charge in [0.25, 0.3) is 0 Å². The maximum atomic E-state index is 13.1. The molecule has 0 radical (unpaired) electrons. The molecule has 0 fully saturated rings. The largest absolute Gasteiger partial charge is 0.481 e. The Morgan fingerprint density at radius 1 is 0.646 bits per heavy atom. The molecule has 0 unspecified atom stereocenters. The first-order valence-electron chi connectivity index (χ1n) is 19.3. The summed E-state index contributed by atoms with van der Waals surface area (Å²) >= 11 is 4.05. The molecule has 346 valence electrons. The normalized spacial score (nSPS) is 12.4. The summed E-state index contributed by atoms with van der Waals surface area (Å²) in [5, 5.41) is 21.8. The van der Waals surface area contributed by atoms with Crippen LogP contribution in [0, 0.1) is 11.8 Å². The van der Waals surface area contributed by atoms with Gasteiger partial charge in [-0.2, -0.15) is 17.5 Å². The highest BCUT2D eigenvalue weighted by atomic mass is 32.2. The van der Waals surface area contributed by atoms with E-state index in [4.69, 9.17) is 28.1 Å². The van der Waals surface area contributed by atoms with Gasteiger partial charge in [0.2, 0.25) is 5.91 Å². The van der Waals surface area contributed by atoms with Gasteiger partial charge in [0.05, 0.1) is 60.4 Å². The fourth-order valence-electron chi connectivity index (χ4n) is 6.47. The van der Waals surface area contributed by atoms with Crippen LogP contribution in [0.25, 0.3) is 22.1 Å². The number of carbonyl (C=O) groups excluding carboxylic acids is 3. The van der Waals surface area contributed by atoms with Crippen molar-refractivity contribution in [2.75, 3.05) is 13.1 Å². The molecule has 4 aromatic heterocycles. The SMILES string of the molecule is NC(N)=NCCC[C@H](CC(=O)c1sccc1CS(=O)(=O)c1cccc2nsnc12)C(=O)NO.NC(N)=NCCC[C@H](CC(=O)c1sccc1CS(=O)(=O)c1cccc2nsnc12)C(=O)O. The highest BCUT2D eigenvalue weighted by molar-refractivity contribution is 7.91. The van der Waals surface area contributed by atoms with E-state index in [2.05, 4.69) is 27.5 Å². The van der Waals surface area contributed by atoms with Gasteiger partial charge in [0.15, 0.2) is 43.2 Å². The number of Topliss-reactive ketones (excluding diaryl/α,β-unsaturated/α-hetero) is 2. The Hall–Kier alpha value is -5.84. The zero-order valence-corrected chi connectivity index (χ0v) is 39.0. The quantitative estimate of drug-likeness (QED) is 0.0128. The van der Waals surface area contributed by atoms with Crippen LogP contribution in [-0.2, 0) is 40.8 Å². The number of hydrogen-bond donors (Lipinski definition) is 7. The molecule has 0 aliphatic heterocycles. The predicted molar refractivity (Wildman–Crippen MR) is 248 cm³/mol. The van der Waals surface area contributed by atoms with Gasteiger partial charge in [0, 0.05) is 31.8 Å². The number of guanidine groups is 2. The minimum absolute atomic E-state index is 0.0515. The zero-order chi connectivity index (χ0) is 47.3. The minimum Gasteiger partial charge on any atom is -0.481 e. The van der Waals surface area contributed by atoms with E-state index in [-0.39, 0.29) is 76.0 Å². The molecule has 2 aromatic carbocycles. The van der Waals surface area contributed by atoms with E-state index in [0.29, 0.717) is 46.0 Å². The number of nitrogens with two attached hydrogens (primary N) is 4. The number of sulfone groups is 2. The summed E-state index contributed by atoms with van der Waals surface area (Å²) in [5.74, 6) is -5.29. The van der Waals surface area contributed by atoms with Crippen molar-refractivity contribution in [3.63, 3.8) is 0 Å². The van der Waals surface area contributed by atoms with E-state index < -0.39 is 60.7 Å². The summed E-state index contributed by atoms with van der Waals surface area (Å²) in [7, 11) is -7.61. The first-order valence-corrected chi connectivity index (χ1v) is 25.8. The van der Waals surface area contributed by atoms with Crippen LogP contribution in [0.3, 0.4) is 0 Å². The molecule has 0 saturated carbocycles. The molecule has 6 rings (SSSR count). The standard InChI is InChI=1S/C19H22N6O5S3.C19H21N5O5S3/c20-19(21)22-7-2-3-11(18(27)23-28)9-14(26)17-12(6-8-31-17)10-33(29,30)15-5-1-4-13-16(15)25-32-24-13;20-19(21)22-7-2-3-11(18(26)27)9-14(25)17-12(6-8-30-17)10-32(28,29)15-5-1-4-13-16(15)24-31-23-13/h1,4-6,8,11,28H,2-3,7,9-10H2,(H,23,27)(H4,20,21,22);1,4-6,8,11H,2-3,7,9-10H2,(H,26,27)(H4,20,21,22)/t2*11-/m11/s1. The molecular formula is C38H43N11O10S6. The summed E-state index contributed by atoms with van der Waals surface area (Å²) in [5.41, 5.74) is 24.9. The maximum Gasteiger partial charge on any atom is 0.306 e. The molecule has 0 bridgehead atoms. The van der Waals surface area contributed by atoms with Gasteiger partial charge in [-0.25, -0.2) is 22.3 Å². The fourth-order valence-corrected chi connectivity index (χ4v) is 12.7. The maximum absolute atomic E-state index is 13.1. The van der Waals surface area contributed by atoms with Gasteiger partial charge in [-0.1, -0.05) is 12.1 Å². The molecular weight excluding hydrogens is 963 g/mol. The first-order chi connectivity index (χ1) is 30.9. The van der Waals surface area contributed by atoms with Gasteiger partial charge in [0.1, 0.15) is 22.1 Å². The zero-order valence-electron chi connectivity index (χ0n) is 34.1. The van der Waals surface area contributed by atoms with Crippen molar-refractivity contribution < 1.29 is 46.3 Å². The number of aliphatic imine (C=N–C) groups is 2. The van der Waals surface area contributed by atoms with Crippen molar-refractivity contribution in [1.82, 2.24) is 23.0 Å². The number of thiophene rings is 2. The van der Waals surface area contributed by atoms with Gasteiger partial charge in [-0.15, -0.1) is 22.7 Å². The third-order valence-corrected chi connectivity index (χ3v) is 16.0. The Morgan fingerprint density at radius 2 is 1.08 bits per heavy atom. The summed E-state index contributed by atoms with van der Waals surface area (Å²) in [4.78, 5) is 57.7. The Balaban J connectivity index is 0.000000244. The lowest BCUT2D eigenvalue weighted by Crippen LogP contribution is -2.30. The minimum atomic E-state index is -3.81. The average Bonchev–Trinajstić information content (AvgIpc) is 4.10.